The van der Waals surface area contributed by atoms with Crippen LogP contribution in [0.2, 0.25) is 0 Å². The number of hydrogen-bond donors (Lipinski definition) is 1. The third-order valence-corrected chi connectivity index (χ3v) is 2.37. The van der Waals surface area contributed by atoms with Crippen molar-refractivity contribution in [1.29, 1.82) is 0 Å². The summed E-state index contributed by atoms with van der Waals surface area (Å²) >= 11 is 0. The lowest BCUT2D eigenvalue weighted by Gasteiger charge is -2.03. The lowest BCUT2D eigenvalue weighted by atomic mass is 10.1. The van der Waals surface area contributed by atoms with Crippen molar-refractivity contribution in [3.05, 3.63) is 35.9 Å². The van der Waals surface area contributed by atoms with Crippen LogP contribution in [0.3, 0.4) is 0 Å². The molecule has 0 heterocycles. The van der Waals surface area contributed by atoms with Crippen molar-refractivity contribution in [2.75, 3.05) is 13.1 Å². The molecule has 1 aromatic carbocycles. The summed E-state index contributed by atoms with van der Waals surface area (Å²) in [5.41, 5.74) is 1.45. The third kappa shape index (κ3) is 5.03. The summed E-state index contributed by atoms with van der Waals surface area (Å²) in [7, 11) is 0. The van der Waals surface area contributed by atoms with Gasteiger partial charge in [-0.3, -0.25) is 0 Å². The van der Waals surface area contributed by atoms with Gasteiger partial charge >= 0.3 is 0 Å². The maximum Gasteiger partial charge on any atom is -0.00457 e. The smallest absolute Gasteiger partial charge is 0.00457 e. The SMILES string of the molecule is CCCCNCCCc1ccccc1. The first-order chi connectivity index (χ1) is 6.93. The molecule has 0 aliphatic heterocycles. The molecular weight excluding hydrogens is 170 g/mol. The number of benzene rings is 1. The molecule has 0 radical (unpaired) electrons. The molecule has 0 amide bonds. The monoisotopic (exact) mass is 191 g/mol. The number of rotatable bonds is 7. The molecule has 0 fully saturated rings. The number of aryl methyl sites for hydroxylation is 1. The van der Waals surface area contributed by atoms with Crippen molar-refractivity contribution in [2.45, 2.75) is 32.6 Å². The predicted molar refractivity (Wildman–Crippen MR) is 62.5 cm³/mol. The van der Waals surface area contributed by atoms with Gasteiger partial charge in [-0.25, -0.2) is 0 Å². The molecule has 0 aliphatic rings. The fourth-order valence-electron chi connectivity index (χ4n) is 1.49. The maximum atomic E-state index is 3.46. The van der Waals surface area contributed by atoms with E-state index < -0.39 is 0 Å². The van der Waals surface area contributed by atoms with Crippen LogP contribution in [0.25, 0.3) is 0 Å². The van der Waals surface area contributed by atoms with E-state index >= 15 is 0 Å². The molecule has 1 aromatic rings. The molecule has 1 rings (SSSR count). The predicted octanol–water partition coefficient (Wildman–Crippen LogP) is 3.01. The Kier molecular flexibility index (Phi) is 6.09. The van der Waals surface area contributed by atoms with Crippen LogP contribution in [0.15, 0.2) is 30.3 Å². The van der Waals surface area contributed by atoms with Crippen molar-refractivity contribution in [1.82, 2.24) is 5.32 Å². The fourth-order valence-corrected chi connectivity index (χ4v) is 1.49. The highest BCUT2D eigenvalue weighted by molar-refractivity contribution is 5.14. The molecule has 0 saturated heterocycles. The summed E-state index contributed by atoms with van der Waals surface area (Å²) in [5.74, 6) is 0. The van der Waals surface area contributed by atoms with Gasteiger partial charge in [0.15, 0.2) is 0 Å². The van der Waals surface area contributed by atoms with E-state index in [4.69, 9.17) is 0 Å². The quantitative estimate of drug-likeness (QED) is 0.653. The molecule has 1 nitrogen and oxygen atoms in total. The van der Waals surface area contributed by atoms with Crippen molar-refractivity contribution >= 4 is 0 Å². The van der Waals surface area contributed by atoms with Crippen molar-refractivity contribution in [2.24, 2.45) is 0 Å². The molecule has 0 aliphatic carbocycles. The van der Waals surface area contributed by atoms with E-state index in [0.717, 1.165) is 6.54 Å². The summed E-state index contributed by atoms with van der Waals surface area (Å²) in [6.45, 7) is 4.55. The van der Waals surface area contributed by atoms with E-state index in [1.165, 1.54) is 37.8 Å². The fraction of sp³-hybridized carbons (Fsp3) is 0.538. The summed E-state index contributed by atoms with van der Waals surface area (Å²) in [5, 5.41) is 3.46. The second-order valence-electron chi connectivity index (χ2n) is 3.69. The Morgan fingerprint density at radius 1 is 1.00 bits per heavy atom. The molecule has 1 N–H and O–H groups in total. The van der Waals surface area contributed by atoms with E-state index in [1.54, 1.807) is 0 Å². The summed E-state index contributed by atoms with van der Waals surface area (Å²) in [6, 6.07) is 10.7. The maximum absolute atomic E-state index is 3.46. The lowest BCUT2D eigenvalue weighted by Crippen LogP contribution is -2.16. The van der Waals surface area contributed by atoms with Crippen LogP contribution in [-0.4, -0.2) is 13.1 Å². The average Bonchev–Trinajstić information content (AvgIpc) is 2.25. The van der Waals surface area contributed by atoms with Crippen LogP contribution in [0.5, 0.6) is 0 Å². The molecule has 0 bridgehead atoms. The highest BCUT2D eigenvalue weighted by Gasteiger charge is 1.91. The third-order valence-electron chi connectivity index (χ3n) is 2.37. The van der Waals surface area contributed by atoms with Gasteiger partial charge in [-0.05, 0) is 37.9 Å². The Hall–Kier alpha value is -0.820. The first kappa shape index (κ1) is 11.3. The van der Waals surface area contributed by atoms with Gasteiger partial charge in [0.1, 0.15) is 0 Å². The van der Waals surface area contributed by atoms with E-state index in [2.05, 4.69) is 42.6 Å². The zero-order chi connectivity index (χ0) is 10.1. The zero-order valence-corrected chi connectivity index (χ0v) is 9.13. The molecule has 78 valence electrons. The number of nitrogens with one attached hydrogen (secondary N) is 1. The van der Waals surface area contributed by atoms with Crippen LogP contribution < -0.4 is 5.32 Å². The van der Waals surface area contributed by atoms with Gasteiger partial charge in [-0.1, -0.05) is 43.7 Å². The number of hydrogen-bond acceptors (Lipinski definition) is 1. The van der Waals surface area contributed by atoms with Gasteiger partial charge < -0.3 is 5.32 Å². The molecule has 0 aromatic heterocycles. The normalized spacial score (nSPS) is 10.4. The minimum atomic E-state index is 1.15. The van der Waals surface area contributed by atoms with Gasteiger partial charge in [-0.2, -0.15) is 0 Å². The van der Waals surface area contributed by atoms with Crippen LogP contribution >= 0.6 is 0 Å². The summed E-state index contributed by atoms with van der Waals surface area (Å²) < 4.78 is 0. The highest BCUT2D eigenvalue weighted by Crippen LogP contribution is 2.01. The Morgan fingerprint density at radius 2 is 1.71 bits per heavy atom. The minimum absolute atomic E-state index is 1.15. The van der Waals surface area contributed by atoms with E-state index in [1.807, 2.05) is 0 Å². The Morgan fingerprint density at radius 3 is 2.43 bits per heavy atom. The first-order valence-corrected chi connectivity index (χ1v) is 5.68. The standard InChI is InChI=1S/C13H21N/c1-2-3-11-14-12-7-10-13-8-5-4-6-9-13/h4-6,8-9,14H,2-3,7,10-12H2,1H3. The summed E-state index contributed by atoms with van der Waals surface area (Å²) in [4.78, 5) is 0. The zero-order valence-electron chi connectivity index (χ0n) is 9.13. The first-order valence-electron chi connectivity index (χ1n) is 5.68. The van der Waals surface area contributed by atoms with Gasteiger partial charge in [0.05, 0.1) is 0 Å². The van der Waals surface area contributed by atoms with Crippen LogP contribution in [0.1, 0.15) is 31.7 Å². The Labute approximate surface area is 87.5 Å². The van der Waals surface area contributed by atoms with E-state index in [9.17, 15) is 0 Å². The van der Waals surface area contributed by atoms with Gasteiger partial charge in [0, 0.05) is 0 Å². The molecule has 0 unspecified atom stereocenters. The summed E-state index contributed by atoms with van der Waals surface area (Å²) in [6.07, 6.45) is 5.02. The molecule has 1 heteroatoms. The van der Waals surface area contributed by atoms with E-state index in [-0.39, 0.29) is 0 Å². The van der Waals surface area contributed by atoms with Crippen molar-refractivity contribution in [3.63, 3.8) is 0 Å². The Balaban J connectivity index is 1.99. The number of unbranched alkanes of at least 4 members (excludes halogenated alkanes) is 1. The van der Waals surface area contributed by atoms with Gasteiger partial charge in [-0.15, -0.1) is 0 Å². The van der Waals surface area contributed by atoms with Crippen molar-refractivity contribution < 1.29 is 0 Å². The molecular formula is C13H21N. The molecule has 0 atom stereocenters. The molecule has 0 spiro atoms. The van der Waals surface area contributed by atoms with Crippen molar-refractivity contribution in [3.8, 4) is 0 Å². The molecule has 14 heavy (non-hydrogen) atoms. The second-order valence-corrected chi connectivity index (χ2v) is 3.69. The second kappa shape index (κ2) is 7.57. The topological polar surface area (TPSA) is 12.0 Å². The Bertz CT molecular complexity index is 218. The van der Waals surface area contributed by atoms with Gasteiger partial charge in [0.2, 0.25) is 0 Å². The lowest BCUT2D eigenvalue weighted by molar-refractivity contribution is 0.617. The minimum Gasteiger partial charge on any atom is -0.317 e. The van der Waals surface area contributed by atoms with Crippen LogP contribution in [0, 0.1) is 0 Å². The van der Waals surface area contributed by atoms with Crippen LogP contribution in [-0.2, 0) is 6.42 Å². The highest BCUT2D eigenvalue weighted by atomic mass is 14.8. The molecule has 0 saturated carbocycles. The van der Waals surface area contributed by atoms with E-state index in [0.29, 0.717) is 0 Å². The average molecular weight is 191 g/mol. The van der Waals surface area contributed by atoms with Crippen LogP contribution in [0.4, 0.5) is 0 Å². The van der Waals surface area contributed by atoms with Gasteiger partial charge in [0.25, 0.3) is 0 Å². The largest absolute Gasteiger partial charge is 0.317 e.